The number of alkyl halides is 1. The smallest absolute Gasteiger partial charge is 0.0408 e. The van der Waals surface area contributed by atoms with Gasteiger partial charge in [-0.15, -0.1) is 0 Å². The molecule has 0 aliphatic heterocycles. The lowest BCUT2D eigenvalue weighted by Crippen LogP contribution is -1.89. The van der Waals surface area contributed by atoms with Crippen molar-refractivity contribution in [1.29, 1.82) is 0 Å². The first-order chi connectivity index (χ1) is 5.72. The van der Waals surface area contributed by atoms with Gasteiger partial charge in [0, 0.05) is 10.4 Å². The summed E-state index contributed by atoms with van der Waals surface area (Å²) in [4.78, 5) is 0. The molecule has 12 heavy (non-hydrogen) atoms. The molecule has 0 aliphatic rings. The van der Waals surface area contributed by atoms with Crippen LogP contribution in [0.25, 0.3) is 0 Å². The molecular formula is C10H10BrCl. The van der Waals surface area contributed by atoms with Gasteiger partial charge in [-0.2, -0.15) is 0 Å². The fourth-order valence-corrected chi connectivity index (χ4v) is 1.39. The Morgan fingerprint density at radius 3 is 2.83 bits per heavy atom. The molecular weight excluding hydrogens is 235 g/mol. The van der Waals surface area contributed by atoms with E-state index in [1.165, 1.54) is 5.56 Å². The highest BCUT2D eigenvalue weighted by molar-refractivity contribution is 9.09. The van der Waals surface area contributed by atoms with Crippen molar-refractivity contribution >= 4 is 27.5 Å². The van der Waals surface area contributed by atoms with E-state index < -0.39 is 0 Å². The van der Waals surface area contributed by atoms with Crippen LogP contribution in [-0.4, -0.2) is 5.33 Å². The second-order valence-electron chi connectivity index (χ2n) is 2.69. The van der Waals surface area contributed by atoms with Gasteiger partial charge in [0.1, 0.15) is 0 Å². The summed E-state index contributed by atoms with van der Waals surface area (Å²) >= 11 is 9.19. The molecule has 0 heterocycles. The molecule has 0 nitrogen and oxygen atoms in total. The predicted octanol–water partition coefficient (Wildman–Crippen LogP) is 3.83. The van der Waals surface area contributed by atoms with Crippen molar-refractivity contribution in [2.75, 3.05) is 5.33 Å². The zero-order valence-corrected chi connectivity index (χ0v) is 9.03. The minimum absolute atomic E-state index is 0.787. The average Bonchev–Trinajstić information content (AvgIpc) is 2.04. The molecule has 0 unspecified atom stereocenters. The third kappa shape index (κ3) is 3.00. The molecule has 0 atom stereocenters. The van der Waals surface area contributed by atoms with Crippen molar-refractivity contribution < 1.29 is 0 Å². The average molecular weight is 246 g/mol. The molecule has 0 N–H and O–H groups in total. The molecule has 0 saturated carbocycles. The summed E-state index contributed by atoms with van der Waals surface area (Å²) < 4.78 is 0. The highest BCUT2D eigenvalue weighted by Gasteiger charge is 1.96. The largest absolute Gasteiger partial charge is 0.0987 e. The Morgan fingerprint density at radius 1 is 1.50 bits per heavy atom. The molecule has 0 fully saturated rings. The van der Waals surface area contributed by atoms with Gasteiger partial charge in [0.15, 0.2) is 0 Å². The van der Waals surface area contributed by atoms with Crippen molar-refractivity contribution in [3.63, 3.8) is 0 Å². The molecule has 0 spiro atoms. The molecule has 0 saturated heterocycles. The van der Waals surface area contributed by atoms with Gasteiger partial charge in [-0.25, -0.2) is 0 Å². The van der Waals surface area contributed by atoms with Crippen LogP contribution >= 0.6 is 27.5 Å². The van der Waals surface area contributed by atoms with Gasteiger partial charge in [-0.3, -0.25) is 0 Å². The maximum atomic E-state index is 5.83. The first-order valence-electron chi connectivity index (χ1n) is 3.69. The highest BCUT2D eigenvalue weighted by atomic mass is 79.9. The first kappa shape index (κ1) is 9.82. The zero-order chi connectivity index (χ0) is 8.97. The molecule has 1 rings (SSSR count). The van der Waals surface area contributed by atoms with Gasteiger partial charge in [0.25, 0.3) is 0 Å². The molecule has 2 heteroatoms. The fourth-order valence-electron chi connectivity index (χ4n) is 0.983. The molecule has 64 valence electrons. The van der Waals surface area contributed by atoms with Crippen LogP contribution in [0.3, 0.4) is 0 Å². The van der Waals surface area contributed by atoms with Crippen molar-refractivity contribution in [3.05, 3.63) is 47.0 Å². The van der Waals surface area contributed by atoms with Crippen LogP contribution in [-0.2, 0) is 6.42 Å². The van der Waals surface area contributed by atoms with Crippen LogP contribution in [0.1, 0.15) is 5.56 Å². The van der Waals surface area contributed by atoms with E-state index in [4.69, 9.17) is 11.6 Å². The summed E-state index contributed by atoms with van der Waals surface area (Å²) in [5.41, 5.74) is 2.38. The SMILES string of the molecule is C=C(CBr)Cc1cccc(Cl)c1. The van der Waals surface area contributed by atoms with Gasteiger partial charge < -0.3 is 0 Å². The van der Waals surface area contributed by atoms with Gasteiger partial charge in [0.2, 0.25) is 0 Å². The molecule has 0 aliphatic carbocycles. The Morgan fingerprint density at radius 2 is 2.25 bits per heavy atom. The van der Waals surface area contributed by atoms with Crippen molar-refractivity contribution in [2.45, 2.75) is 6.42 Å². The van der Waals surface area contributed by atoms with E-state index >= 15 is 0 Å². The Bertz CT molecular complexity index is 281. The number of hydrogen-bond acceptors (Lipinski definition) is 0. The zero-order valence-electron chi connectivity index (χ0n) is 6.69. The number of halogens is 2. The maximum absolute atomic E-state index is 5.83. The summed E-state index contributed by atoms with van der Waals surface area (Å²) in [6, 6.07) is 7.86. The standard InChI is InChI=1S/C10H10BrCl/c1-8(7-11)5-9-3-2-4-10(12)6-9/h2-4,6H,1,5,7H2. The fraction of sp³-hybridized carbons (Fsp3) is 0.200. The molecule has 1 aromatic carbocycles. The lowest BCUT2D eigenvalue weighted by Gasteiger charge is -2.01. The summed E-state index contributed by atoms with van der Waals surface area (Å²) in [6.07, 6.45) is 0.895. The Balaban J connectivity index is 2.69. The third-order valence-corrected chi connectivity index (χ3v) is 2.56. The van der Waals surface area contributed by atoms with Crippen molar-refractivity contribution in [3.8, 4) is 0 Å². The monoisotopic (exact) mass is 244 g/mol. The van der Waals surface area contributed by atoms with Crippen LogP contribution in [0.15, 0.2) is 36.4 Å². The first-order valence-corrected chi connectivity index (χ1v) is 5.19. The second-order valence-corrected chi connectivity index (χ2v) is 3.69. The second kappa shape index (κ2) is 4.68. The molecule has 0 radical (unpaired) electrons. The van der Waals surface area contributed by atoms with E-state index in [1.54, 1.807) is 0 Å². The molecule has 0 aromatic heterocycles. The van der Waals surface area contributed by atoms with Gasteiger partial charge in [0.05, 0.1) is 0 Å². The highest BCUT2D eigenvalue weighted by Crippen LogP contribution is 2.14. The Hall–Kier alpha value is -0.270. The van der Waals surface area contributed by atoms with E-state index in [0.29, 0.717) is 0 Å². The normalized spacial score (nSPS) is 9.83. The van der Waals surface area contributed by atoms with E-state index in [-0.39, 0.29) is 0 Å². The van der Waals surface area contributed by atoms with E-state index in [2.05, 4.69) is 28.6 Å². The van der Waals surface area contributed by atoms with Crippen LogP contribution in [0, 0.1) is 0 Å². The molecule has 1 aromatic rings. The van der Waals surface area contributed by atoms with Crippen LogP contribution in [0.4, 0.5) is 0 Å². The summed E-state index contributed by atoms with van der Waals surface area (Å²) in [5, 5.41) is 1.63. The van der Waals surface area contributed by atoms with Gasteiger partial charge in [-0.1, -0.05) is 51.8 Å². The third-order valence-electron chi connectivity index (χ3n) is 1.53. The minimum Gasteiger partial charge on any atom is -0.0987 e. The number of hydrogen-bond donors (Lipinski definition) is 0. The van der Waals surface area contributed by atoms with E-state index in [9.17, 15) is 0 Å². The number of allylic oxidation sites excluding steroid dienone is 1. The van der Waals surface area contributed by atoms with Crippen LogP contribution < -0.4 is 0 Å². The summed E-state index contributed by atoms with van der Waals surface area (Å²) in [6.45, 7) is 3.91. The Labute approximate surface area is 86.4 Å². The van der Waals surface area contributed by atoms with E-state index in [1.807, 2.05) is 18.2 Å². The number of rotatable bonds is 3. The van der Waals surface area contributed by atoms with Crippen molar-refractivity contribution in [1.82, 2.24) is 0 Å². The van der Waals surface area contributed by atoms with Crippen LogP contribution in [0.2, 0.25) is 5.02 Å². The number of benzene rings is 1. The summed E-state index contributed by atoms with van der Waals surface area (Å²) in [7, 11) is 0. The quantitative estimate of drug-likeness (QED) is 0.561. The van der Waals surface area contributed by atoms with Gasteiger partial charge >= 0.3 is 0 Å². The predicted molar refractivity (Wildman–Crippen MR) is 58.1 cm³/mol. The summed E-state index contributed by atoms with van der Waals surface area (Å²) in [5.74, 6) is 0. The van der Waals surface area contributed by atoms with Gasteiger partial charge in [-0.05, 0) is 24.1 Å². The molecule has 0 amide bonds. The lowest BCUT2D eigenvalue weighted by atomic mass is 10.1. The maximum Gasteiger partial charge on any atom is 0.0408 e. The lowest BCUT2D eigenvalue weighted by molar-refractivity contribution is 1.17. The Kier molecular flexibility index (Phi) is 3.83. The van der Waals surface area contributed by atoms with Crippen LogP contribution in [0.5, 0.6) is 0 Å². The molecule has 0 bridgehead atoms. The van der Waals surface area contributed by atoms with Crippen molar-refractivity contribution in [2.24, 2.45) is 0 Å². The minimum atomic E-state index is 0.787. The van der Waals surface area contributed by atoms with E-state index in [0.717, 1.165) is 22.3 Å². The topological polar surface area (TPSA) is 0 Å².